The Bertz CT molecular complexity index is 665. The molecular weight excluding hydrogens is 308 g/mol. The van der Waals surface area contributed by atoms with Crippen LogP contribution < -0.4 is 14.8 Å². The quantitative estimate of drug-likeness (QED) is 0.847. The summed E-state index contributed by atoms with van der Waals surface area (Å²) in [6.07, 6.45) is 6.96. The normalized spacial score (nSPS) is 22.4. The summed E-state index contributed by atoms with van der Waals surface area (Å²) in [5, 5.41) is 2.99. The zero-order valence-corrected chi connectivity index (χ0v) is 13.7. The number of nitrogens with zero attached hydrogens (tertiary/aromatic N) is 1. The lowest BCUT2D eigenvalue weighted by Crippen LogP contribution is -2.47. The van der Waals surface area contributed by atoms with Crippen LogP contribution in [0.5, 0.6) is 11.5 Å². The summed E-state index contributed by atoms with van der Waals surface area (Å²) in [6, 6.07) is 5.25. The molecule has 1 saturated carbocycles. The third kappa shape index (κ3) is 2.60. The number of carbonyl (C=O) groups excluding carboxylic acids is 2. The molecule has 0 aromatic heterocycles. The summed E-state index contributed by atoms with van der Waals surface area (Å²) in [7, 11) is 0. The van der Waals surface area contributed by atoms with E-state index in [0.717, 1.165) is 44.1 Å². The molecule has 0 bridgehead atoms. The maximum absolute atomic E-state index is 13.0. The van der Waals surface area contributed by atoms with Crippen LogP contribution in [-0.2, 0) is 11.3 Å². The molecule has 2 aliphatic heterocycles. The number of fused-ring (bicyclic) bond motifs is 1. The van der Waals surface area contributed by atoms with Gasteiger partial charge in [0.15, 0.2) is 11.5 Å². The van der Waals surface area contributed by atoms with Crippen molar-refractivity contribution in [2.45, 2.75) is 57.0 Å². The first-order valence-corrected chi connectivity index (χ1v) is 8.71. The van der Waals surface area contributed by atoms with E-state index in [9.17, 15) is 9.59 Å². The van der Waals surface area contributed by atoms with Crippen molar-refractivity contribution in [2.24, 2.45) is 0 Å². The predicted octanol–water partition coefficient (Wildman–Crippen LogP) is 2.95. The third-order valence-corrected chi connectivity index (χ3v) is 5.23. The molecular formula is C18H22N2O4. The Kier molecular flexibility index (Phi) is 3.82. The molecule has 3 amide bonds. The van der Waals surface area contributed by atoms with Crippen LogP contribution in [0.25, 0.3) is 0 Å². The van der Waals surface area contributed by atoms with Gasteiger partial charge in [-0.05, 0) is 30.5 Å². The SMILES string of the molecule is O=C1NC2(CCCCCCC2)C(=O)N1Cc1ccc2c(c1)OCO2. The van der Waals surface area contributed by atoms with Gasteiger partial charge in [0.1, 0.15) is 5.54 Å². The number of rotatable bonds is 2. The maximum Gasteiger partial charge on any atom is 0.325 e. The van der Waals surface area contributed by atoms with Crippen molar-refractivity contribution >= 4 is 11.9 Å². The van der Waals surface area contributed by atoms with E-state index in [0.29, 0.717) is 11.5 Å². The summed E-state index contributed by atoms with van der Waals surface area (Å²) < 4.78 is 10.7. The summed E-state index contributed by atoms with van der Waals surface area (Å²) in [5.74, 6) is 1.29. The van der Waals surface area contributed by atoms with Crippen LogP contribution in [0, 0.1) is 0 Å². The number of benzene rings is 1. The van der Waals surface area contributed by atoms with Gasteiger partial charge in [0.25, 0.3) is 5.91 Å². The lowest BCUT2D eigenvalue weighted by atomic mass is 9.84. The van der Waals surface area contributed by atoms with E-state index in [2.05, 4.69) is 5.32 Å². The Morgan fingerprint density at radius 1 is 1.00 bits per heavy atom. The molecule has 3 aliphatic rings. The highest BCUT2D eigenvalue weighted by molar-refractivity contribution is 6.07. The Balaban J connectivity index is 1.53. The number of urea groups is 1. The number of hydrogen-bond donors (Lipinski definition) is 1. The largest absolute Gasteiger partial charge is 0.454 e. The fourth-order valence-electron chi connectivity index (χ4n) is 3.89. The summed E-state index contributed by atoms with van der Waals surface area (Å²) in [4.78, 5) is 26.8. The van der Waals surface area contributed by atoms with Crippen LogP contribution in [0.2, 0.25) is 0 Å². The van der Waals surface area contributed by atoms with E-state index in [4.69, 9.17) is 9.47 Å². The van der Waals surface area contributed by atoms with Crippen LogP contribution in [0.4, 0.5) is 4.79 Å². The highest BCUT2D eigenvalue weighted by atomic mass is 16.7. The Morgan fingerprint density at radius 2 is 1.71 bits per heavy atom. The molecule has 1 spiro atoms. The third-order valence-electron chi connectivity index (χ3n) is 5.23. The molecule has 6 nitrogen and oxygen atoms in total. The van der Waals surface area contributed by atoms with Crippen LogP contribution in [0.15, 0.2) is 18.2 Å². The fourth-order valence-corrected chi connectivity index (χ4v) is 3.89. The molecule has 0 radical (unpaired) electrons. The van der Waals surface area contributed by atoms with Crippen molar-refractivity contribution in [3.05, 3.63) is 23.8 Å². The van der Waals surface area contributed by atoms with E-state index < -0.39 is 5.54 Å². The number of ether oxygens (including phenoxy) is 2. The van der Waals surface area contributed by atoms with Gasteiger partial charge in [-0.15, -0.1) is 0 Å². The number of nitrogens with one attached hydrogen (secondary N) is 1. The second-order valence-corrected chi connectivity index (χ2v) is 6.86. The van der Waals surface area contributed by atoms with Crippen LogP contribution in [-0.4, -0.2) is 29.2 Å². The average Bonchev–Trinajstić information content (AvgIpc) is 3.10. The Labute approximate surface area is 141 Å². The minimum Gasteiger partial charge on any atom is -0.454 e. The molecule has 2 heterocycles. The van der Waals surface area contributed by atoms with Gasteiger partial charge in [0, 0.05) is 0 Å². The Morgan fingerprint density at radius 3 is 2.50 bits per heavy atom. The minimum absolute atomic E-state index is 0.0768. The van der Waals surface area contributed by atoms with Gasteiger partial charge in [0.05, 0.1) is 6.54 Å². The second-order valence-electron chi connectivity index (χ2n) is 6.86. The van der Waals surface area contributed by atoms with Gasteiger partial charge in [-0.25, -0.2) is 4.79 Å². The standard InChI is InChI=1S/C18H22N2O4/c21-16-18(8-4-2-1-3-5-9-18)19-17(22)20(16)11-13-6-7-14-15(10-13)24-12-23-14/h6-7,10H,1-5,8-9,11-12H2,(H,19,22). The van der Waals surface area contributed by atoms with Crippen LogP contribution in [0.1, 0.15) is 50.5 Å². The molecule has 6 heteroatoms. The van der Waals surface area contributed by atoms with E-state index in [1.54, 1.807) is 0 Å². The molecule has 1 saturated heterocycles. The number of imide groups is 1. The summed E-state index contributed by atoms with van der Waals surface area (Å²) >= 11 is 0. The zero-order chi connectivity index (χ0) is 16.6. The van der Waals surface area contributed by atoms with Gasteiger partial charge in [-0.1, -0.05) is 38.2 Å². The number of carbonyl (C=O) groups is 2. The van der Waals surface area contributed by atoms with Gasteiger partial charge in [-0.2, -0.15) is 0 Å². The van der Waals surface area contributed by atoms with Crippen molar-refractivity contribution in [2.75, 3.05) is 6.79 Å². The Hall–Kier alpha value is -2.24. The van der Waals surface area contributed by atoms with Crippen molar-refractivity contribution in [3.63, 3.8) is 0 Å². The molecule has 1 aromatic carbocycles. The lowest BCUT2D eigenvalue weighted by molar-refractivity contribution is -0.132. The van der Waals surface area contributed by atoms with Gasteiger partial charge in [0.2, 0.25) is 6.79 Å². The van der Waals surface area contributed by atoms with Crippen LogP contribution in [0.3, 0.4) is 0 Å². The van der Waals surface area contributed by atoms with E-state index in [-0.39, 0.29) is 25.3 Å². The van der Waals surface area contributed by atoms with Crippen molar-refractivity contribution in [1.29, 1.82) is 0 Å². The molecule has 2 fully saturated rings. The van der Waals surface area contributed by atoms with Gasteiger partial charge < -0.3 is 14.8 Å². The van der Waals surface area contributed by atoms with Crippen molar-refractivity contribution in [3.8, 4) is 11.5 Å². The molecule has 24 heavy (non-hydrogen) atoms. The molecule has 0 atom stereocenters. The van der Waals surface area contributed by atoms with Crippen molar-refractivity contribution in [1.82, 2.24) is 10.2 Å². The fraction of sp³-hybridized carbons (Fsp3) is 0.556. The lowest BCUT2D eigenvalue weighted by Gasteiger charge is -2.28. The molecule has 1 N–H and O–H groups in total. The smallest absolute Gasteiger partial charge is 0.325 e. The first-order chi connectivity index (χ1) is 11.7. The van der Waals surface area contributed by atoms with E-state index >= 15 is 0 Å². The zero-order valence-electron chi connectivity index (χ0n) is 13.7. The average molecular weight is 330 g/mol. The second kappa shape index (κ2) is 6.00. The molecule has 4 rings (SSSR count). The summed E-state index contributed by atoms with van der Waals surface area (Å²) in [6.45, 7) is 0.480. The van der Waals surface area contributed by atoms with Gasteiger partial charge in [-0.3, -0.25) is 9.69 Å². The van der Waals surface area contributed by atoms with E-state index in [1.165, 1.54) is 11.3 Å². The van der Waals surface area contributed by atoms with Crippen molar-refractivity contribution < 1.29 is 19.1 Å². The highest BCUT2D eigenvalue weighted by Crippen LogP contribution is 2.35. The minimum atomic E-state index is -0.687. The first-order valence-electron chi connectivity index (χ1n) is 8.71. The number of hydrogen-bond acceptors (Lipinski definition) is 4. The molecule has 1 aliphatic carbocycles. The predicted molar refractivity (Wildman–Crippen MR) is 86.7 cm³/mol. The summed E-state index contributed by atoms with van der Waals surface area (Å²) in [5.41, 5.74) is 0.180. The highest BCUT2D eigenvalue weighted by Gasteiger charge is 2.50. The molecule has 1 aromatic rings. The maximum atomic E-state index is 13.0. The van der Waals surface area contributed by atoms with E-state index in [1.807, 2.05) is 18.2 Å². The monoisotopic (exact) mass is 330 g/mol. The molecule has 0 unspecified atom stereocenters. The topological polar surface area (TPSA) is 67.9 Å². The number of amides is 3. The first kappa shape index (κ1) is 15.3. The van der Waals surface area contributed by atoms with Gasteiger partial charge >= 0.3 is 6.03 Å². The van der Waals surface area contributed by atoms with Crippen LogP contribution >= 0.6 is 0 Å². The molecule has 128 valence electrons.